The summed E-state index contributed by atoms with van der Waals surface area (Å²) in [6.45, 7) is 6.11. The minimum absolute atomic E-state index is 0.0239. The van der Waals surface area contributed by atoms with E-state index in [2.05, 4.69) is 170 Å². The second-order valence-electron chi connectivity index (χ2n) is 12.2. The number of allylic oxidation sites excluding steroid dienone is 24. The Labute approximate surface area is 324 Å². The summed E-state index contributed by atoms with van der Waals surface area (Å²) in [7, 11) is 0. The van der Waals surface area contributed by atoms with Gasteiger partial charge in [-0.3, -0.25) is 9.59 Å². The molecule has 0 atom stereocenters. The first-order valence-electron chi connectivity index (χ1n) is 20.1. The molecule has 0 aromatic rings. The molecular formula is C48H72N2O3. The fourth-order valence-electron chi connectivity index (χ4n) is 4.51. The molecule has 5 heteroatoms. The van der Waals surface area contributed by atoms with Crippen molar-refractivity contribution in [3.8, 4) is 0 Å². The van der Waals surface area contributed by atoms with Gasteiger partial charge in [-0.2, -0.15) is 0 Å². The zero-order valence-corrected chi connectivity index (χ0v) is 33.2. The number of hydrogen-bond acceptors (Lipinski definition) is 3. The van der Waals surface area contributed by atoms with Crippen molar-refractivity contribution in [1.29, 1.82) is 0 Å². The van der Waals surface area contributed by atoms with E-state index < -0.39 is 0 Å². The summed E-state index contributed by atoms with van der Waals surface area (Å²) in [6, 6.07) is 0. The van der Waals surface area contributed by atoms with Crippen LogP contribution >= 0.6 is 0 Å². The monoisotopic (exact) mass is 725 g/mol. The van der Waals surface area contributed by atoms with Crippen LogP contribution in [-0.2, 0) is 14.3 Å². The topological polar surface area (TPSA) is 67.4 Å². The smallest absolute Gasteiger partial charge is 0.220 e. The van der Waals surface area contributed by atoms with E-state index in [4.69, 9.17) is 4.74 Å². The van der Waals surface area contributed by atoms with E-state index in [1.165, 1.54) is 0 Å². The Morgan fingerprint density at radius 2 is 0.585 bits per heavy atom. The van der Waals surface area contributed by atoms with Gasteiger partial charge in [-0.1, -0.05) is 160 Å². The molecule has 0 aliphatic heterocycles. The molecule has 5 nitrogen and oxygen atoms in total. The molecule has 0 aromatic carbocycles. The molecule has 0 unspecified atom stereocenters. The Hall–Kier alpha value is -4.22. The fourth-order valence-corrected chi connectivity index (χ4v) is 4.51. The highest BCUT2D eigenvalue weighted by Gasteiger charge is 2.00. The van der Waals surface area contributed by atoms with Gasteiger partial charge in [-0.05, 0) is 89.9 Å². The van der Waals surface area contributed by atoms with Crippen LogP contribution in [0.2, 0.25) is 0 Å². The molecular weight excluding hydrogens is 653 g/mol. The number of carbonyl (C=O) groups is 2. The largest absolute Gasteiger partial charge is 0.378 e. The Morgan fingerprint density at radius 1 is 0.358 bits per heavy atom. The maximum absolute atomic E-state index is 12.0. The second kappa shape index (κ2) is 43.9. The first-order valence-corrected chi connectivity index (χ1v) is 20.1. The van der Waals surface area contributed by atoms with Crippen LogP contribution in [-0.4, -0.2) is 38.1 Å². The van der Waals surface area contributed by atoms with Crippen LogP contribution in [0.5, 0.6) is 0 Å². The highest BCUT2D eigenvalue weighted by molar-refractivity contribution is 5.76. The van der Waals surface area contributed by atoms with E-state index in [0.29, 0.717) is 39.1 Å². The van der Waals surface area contributed by atoms with Crippen molar-refractivity contribution < 1.29 is 14.3 Å². The molecule has 0 aliphatic carbocycles. The third-order valence-electron chi connectivity index (χ3n) is 7.41. The molecule has 53 heavy (non-hydrogen) atoms. The van der Waals surface area contributed by atoms with Crippen LogP contribution in [0.4, 0.5) is 0 Å². The lowest BCUT2D eigenvalue weighted by molar-refractivity contribution is -0.121. The first kappa shape index (κ1) is 48.8. The lowest BCUT2D eigenvalue weighted by Gasteiger charge is -2.07. The average Bonchev–Trinajstić information content (AvgIpc) is 3.16. The summed E-state index contributed by atoms with van der Waals surface area (Å²) in [6.07, 6.45) is 66.4. The highest BCUT2D eigenvalue weighted by Crippen LogP contribution is 2.00. The SMILES string of the molecule is CC/C=C\C/C=C\C/C=C\C/C=C\C/C=C\C/C=C\CCC(=O)NCCOCCNC(=O)CC/C=C\C/C=C\C/C=C\C/C=C\C/C=C\C/C=C\CC. The third kappa shape index (κ3) is 43.9. The van der Waals surface area contributed by atoms with E-state index in [1.54, 1.807) is 0 Å². The molecule has 0 saturated heterocycles. The predicted octanol–water partition coefficient (Wildman–Crippen LogP) is 12.2. The number of amides is 2. The lowest BCUT2D eigenvalue weighted by atomic mass is 10.2. The quantitative estimate of drug-likeness (QED) is 0.0513. The van der Waals surface area contributed by atoms with Gasteiger partial charge in [-0.25, -0.2) is 0 Å². The Bertz CT molecular complexity index is 1130. The second-order valence-corrected chi connectivity index (χ2v) is 12.2. The van der Waals surface area contributed by atoms with Crippen LogP contribution in [0.1, 0.15) is 117 Å². The van der Waals surface area contributed by atoms with Gasteiger partial charge in [0.2, 0.25) is 11.8 Å². The van der Waals surface area contributed by atoms with Crippen LogP contribution < -0.4 is 10.6 Å². The molecule has 0 bridgehead atoms. The number of hydrogen-bond donors (Lipinski definition) is 2. The molecule has 0 saturated carbocycles. The Kier molecular flexibility index (Phi) is 40.4. The zero-order chi connectivity index (χ0) is 38.4. The highest BCUT2D eigenvalue weighted by atomic mass is 16.5. The Morgan fingerprint density at radius 3 is 0.830 bits per heavy atom. The van der Waals surface area contributed by atoms with E-state index in [0.717, 1.165) is 89.9 Å². The Balaban J connectivity index is 3.60. The molecule has 0 aliphatic rings. The molecule has 0 heterocycles. The molecule has 2 N–H and O–H groups in total. The van der Waals surface area contributed by atoms with E-state index in [9.17, 15) is 9.59 Å². The van der Waals surface area contributed by atoms with Crippen molar-refractivity contribution in [3.63, 3.8) is 0 Å². The molecule has 0 fully saturated rings. The van der Waals surface area contributed by atoms with Gasteiger partial charge < -0.3 is 15.4 Å². The number of ether oxygens (including phenoxy) is 1. The minimum Gasteiger partial charge on any atom is -0.378 e. The van der Waals surface area contributed by atoms with Gasteiger partial charge in [-0.15, -0.1) is 0 Å². The van der Waals surface area contributed by atoms with E-state index in [1.807, 2.05) is 0 Å². The van der Waals surface area contributed by atoms with Gasteiger partial charge in [0.05, 0.1) is 13.2 Å². The third-order valence-corrected chi connectivity index (χ3v) is 7.41. The maximum atomic E-state index is 12.0. The van der Waals surface area contributed by atoms with Gasteiger partial charge in [0.25, 0.3) is 0 Å². The maximum Gasteiger partial charge on any atom is 0.220 e. The molecule has 0 radical (unpaired) electrons. The van der Waals surface area contributed by atoms with Gasteiger partial charge >= 0.3 is 0 Å². The summed E-state index contributed by atoms with van der Waals surface area (Å²) in [4.78, 5) is 24.0. The standard InChI is InChI=1S/C48H72N2O3/c1-3-5-7-9-11-13-15-17-19-21-23-25-27-29-31-33-35-37-39-41-47(51)49-43-45-53-46-44-50-48(52)42-40-38-36-34-32-30-28-26-24-22-20-18-16-14-12-10-8-6-4-2/h5-8,11-14,17-20,23-26,29-32,35-38H,3-4,9-10,15-16,21-22,27-28,33-34,39-46H2,1-2H3,(H,49,51)(H,50,52)/b7-5-,8-6-,13-11-,14-12-,19-17-,20-18-,25-23-,26-24-,31-29-,32-30-,37-35-,38-36-. The van der Waals surface area contributed by atoms with Gasteiger partial charge in [0.1, 0.15) is 0 Å². The fraction of sp³-hybridized carbons (Fsp3) is 0.458. The molecule has 0 rings (SSSR count). The minimum atomic E-state index is 0.0239. The van der Waals surface area contributed by atoms with Crippen molar-refractivity contribution in [1.82, 2.24) is 10.6 Å². The molecule has 292 valence electrons. The van der Waals surface area contributed by atoms with Crippen molar-refractivity contribution >= 4 is 11.8 Å². The van der Waals surface area contributed by atoms with Crippen molar-refractivity contribution in [3.05, 3.63) is 146 Å². The van der Waals surface area contributed by atoms with Crippen molar-refractivity contribution in [2.75, 3.05) is 26.3 Å². The first-order chi connectivity index (χ1) is 26.2. The van der Waals surface area contributed by atoms with Crippen LogP contribution in [0.15, 0.2) is 146 Å². The van der Waals surface area contributed by atoms with Crippen molar-refractivity contribution in [2.45, 2.75) is 117 Å². The summed E-state index contributed by atoms with van der Waals surface area (Å²) < 4.78 is 5.53. The number of carbonyl (C=O) groups excluding carboxylic acids is 2. The molecule has 2 amide bonds. The number of rotatable bonds is 34. The van der Waals surface area contributed by atoms with E-state index >= 15 is 0 Å². The van der Waals surface area contributed by atoms with Gasteiger partial charge in [0.15, 0.2) is 0 Å². The zero-order valence-electron chi connectivity index (χ0n) is 33.2. The van der Waals surface area contributed by atoms with Crippen LogP contribution in [0.3, 0.4) is 0 Å². The summed E-state index contributed by atoms with van der Waals surface area (Å²) in [5.41, 5.74) is 0. The van der Waals surface area contributed by atoms with Crippen LogP contribution in [0.25, 0.3) is 0 Å². The summed E-state index contributed by atoms with van der Waals surface area (Å²) >= 11 is 0. The molecule has 0 spiro atoms. The normalized spacial score (nSPS) is 13.2. The lowest BCUT2D eigenvalue weighted by Crippen LogP contribution is -2.29. The van der Waals surface area contributed by atoms with Crippen LogP contribution in [0, 0.1) is 0 Å². The predicted molar refractivity (Wildman–Crippen MR) is 232 cm³/mol. The molecule has 0 aromatic heterocycles. The van der Waals surface area contributed by atoms with Gasteiger partial charge in [0, 0.05) is 25.9 Å². The average molecular weight is 725 g/mol. The van der Waals surface area contributed by atoms with E-state index in [-0.39, 0.29) is 11.8 Å². The summed E-state index contributed by atoms with van der Waals surface area (Å²) in [5, 5.41) is 5.76. The number of nitrogens with one attached hydrogen (secondary N) is 2. The van der Waals surface area contributed by atoms with Crippen molar-refractivity contribution in [2.24, 2.45) is 0 Å². The summed E-state index contributed by atoms with van der Waals surface area (Å²) in [5.74, 6) is 0.0478.